The van der Waals surface area contributed by atoms with Gasteiger partial charge in [0.1, 0.15) is 5.82 Å². The molecule has 2 N–H and O–H groups in total. The first-order chi connectivity index (χ1) is 18.5. The minimum Gasteiger partial charge on any atom is -0.364 e. The van der Waals surface area contributed by atoms with E-state index >= 15 is 0 Å². The zero-order chi connectivity index (χ0) is 28.2. The molecule has 1 aliphatic rings. The van der Waals surface area contributed by atoms with Crippen molar-refractivity contribution in [3.8, 4) is 0 Å². The SMILES string of the molecule is CC(C)=C(CC1CNC1)N(C)/C(=C(\C)c1cccc(C(F)(F)F)c1)c1ccnc(N[C@@H](C)c2ccccc2)c1. The summed E-state index contributed by atoms with van der Waals surface area (Å²) in [5, 5.41) is 6.82. The van der Waals surface area contributed by atoms with Crippen molar-refractivity contribution >= 4 is 17.1 Å². The summed E-state index contributed by atoms with van der Waals surface area (Å²) in [6, 6.07) is 19.6. The molecule has 206 valence electrons. The van der Waals surface area contributed by atoms with E-state index in [2.05, 4.69) is 53.4 Å². The number of benzene rings is 2. The van der Waals surface area contributed by atoms with Gasteiger partial charge in [0.15, 0.2) is 0 Å². The number of anilines is 1. The molecule has 0 saturated carbocycles. The van der Waals surface area contributed by atoms with Crippen LogP contribution in [-0.4, -0.2) is 30.0 Å². The molecule has 2 aromatic carbocycles. The van der Waals surface area contributed by atoms with Gasteiger partial charge in [0.25, 0.3) is 0 Å². The van der Waals surface area contributed by atoms with E-state index in [4.69, 9.17) is 0 Å². The van der Waals surface area contributed by atoms with Crippen LogP contribution in [0.1, 0.15) is 62.4 Å². The van der Waals surface area contributed by atoms with Crippen LogP contribution in [0.15, 0.2) is 84.2 Å². The van der Waals surface area contributed by atoms with Crippen molar-refractivity contribution in [2.45, 2.75) is 46.3 Å². The normalized spacial score (nSPS) is 15.2. The number of alkyl halides is 3. The first-order valence-corrected chi connectivity index (χ1v) is 13.3. The van der Waals surface area contributed by atoms with Crippen LogP contribution in [0.3, 0.4) is 0 Å². The van der Waals surface area contributed by atoms with E-state index in [-0.39, 0.29) is 6.04 Å². The Hall–Kier alpha value is -3.58. The average molecular weight is 535 g/mol. The second kappa shape index (κ2) is 12.1. The third-order valence-corrected chi connectivity index (χ3v) is 7.34. The Bertz CT molecular complexity index is 1340. The smallest absolute Gasteiger partial charge is 0.364 e. The van der Waals surface area contributed by atoms with Crippen LogP contribution in [0, 0.1) is 5.92 Å². The van der Waals surface area contributed by atoms with E-state index in [1.807, 2.05) is 44.3 Å². The number of pyridine rings is 1. The van der Waals surface area contributed by atoms with E-state index < -0.39 is 11.7 Å². The Kier molecular flexibility index (Phi) is 8.80. The highest BCUT2D eigenvalue weighted by Gasteiger charge is 2.31. The van der Waals surface area contributed by atoms with Gasteiger partial charge in [-0.05, 0) is 94.1 Å². The van der Waals surface area contributed by atoms with Gasteiger partial charge >= 0.3 is 6.18 Å². The van der Waals surface area contributed by atoms with Gasteiger partial charge in [-0.2, -0.15) is 13.2 Å². The Morgan fingerprint density at radius 3 is 2.33 bits per heavy atom. The lowest BCUT2D eigenvalue weighted by molar-refractivity contribution is -0.137. The minimum absolute atomic E-state index is 0.0307. The maximum Gasteiger partial charge on any atom is 0.416 e. The average Bonchev–Trinajstić information content (AvgIpc) is 2.88. The Morgan fingerprint density at radius 1 is 1.00 bits per heavy atom. The third kappa shape index (κ3) is 6.90. The van der Waals surface area contributed by atoms with Gasteiger partial charge in [-0.15, -0.1) is 0 Å². The largest absolute Gasteiger partial charge is 0.416 e. The Morgan fingerprint density at radius 2 is 1.72 bits per heavy atom. The lowest BCUT2D eigenvalue weighted by Gasteiger charge is -2.35. The topological polar surface area (TPSA) is 40.2 Å². The lowest BCUT2D eigenvalue weighted by atomic mass is 9.93. The van der Waals surface area contributed by atoms with Gasteiger partial charge < -0.3 is 15.5 Å². The lowest BCUT2D eigenvalue weighted by Crippen LogP contribution is -2.43. The molecule has 3 aromatic rings. The molecule has 39 heavy (non-hydrogen) atoms. The first-order valence-electron chi connectivity index (χ1n) is 13.3. The molecule has 1 aromatic heterocycles. The molecule has 0 aliphatic carbocycles. The van der Waals surface area contributed by atoms with Gasteiger partial charge in [-0.25, -0.2) is 4.98 Å². The summed E-state index contributed by atoms with van der Waals surface area (Å²) < 4.78 is 40.8. The molecule has 1 saturated heterocycles. The van der Waals surface area contributed by atoms with Crippen LogP contribution in [0.4, 0.5) is 19.0 Å². The standard InChI is InChI=1S/C32H37F3N4/c1-21(2)29(16-24-19-36-20-24)39(5)31(22(3)26-12-9-13-28(17-26)32(33,34)35)27-14-15-37-30(18-27)38-23(4)25-10-7-6-8-11-25/h6-15,17-18,23-24,36H,16,19-20H2,1-5H3,(H,37,38)/b31-22+/t23-/m0/s1. The second-order valence-corrected chi connectivity index (χ2v) is 10.5. The highest BCUT2D eigenvalue weighted by Crippen LogP contribution is 2.37. The van der Waals surface area contributed by atoms with Crippen LogP contribution < -0.4 is 10.6 Å². The molecule has 1 fully saturated rings. The van der Waals surface area contributed by atoms with Crippen molar-refractivity contribution < 1.29 is 13.2 Å². The van der Waals surface area contributed by atoms with Gasteiger partial charge in [-0.3, -0.25) is 0 Å². The number of nitrogens with zero attached hydrogens (tertiary/aromatic N) is 2. The van der Waals surface area contributed by atoms with E-state index in [1.54, 1.807) is 12.3 Å². The molecule has 4 rings (SSSR count). The molecule has 7 heteroatoms. The summed E-state index contributed by atoms with van der Waals surface area (Å²) in [7, 11) is 2.01. The summed E-state index contributed by atoms with van der Waals surface area (Å²) in [6.45, 7) is 10.1. The molecule has 0 spiro atoms. The van der Waals surface area contributed by atoms with E-state index in [1.165, 1.54) is 23.4 Å². The molecule has 4 nitrogen and oxygen atoms in total. The molecule has 0 radical (unpaired) electrons. The molecule has 1 aliphatic heterocycles. The molecular weight excluding hydrogens is 497 g/mol. The second-order valence-electron chi connectivity index (χ2n) is 10.5. The third-order valence-electron chi connectivity index (χ3n) is 7.34. The van der Waals surface area contributed by atoms with Crippen LogP contribution >= 0.6 is 0 Å². The van der Waals surface area contributed by atoms with Gasteiger partial charge in [0.2, 0.25) is 0 Å². The molecule has 0 bridgehead atoms. The van der Waals surface area contributed by atoms with E-state index in [0.717, 1.165) is 48.0 Å². The molecular formula is C32H37F3N4. The first kappa shape index (κ1) is 28.4. The summed E-state index contributed by atoms with van der Waals surface area (Å²) in [4.78, 5) is 6.71. The maximum absolute atomic E-state index is 13.6. The highest BCUT2D eigenvalue weighted by atomic mass is 19.4. The summed E-state index contributed by atoms with van der Waals surface area (Å²) in [5.41, 5.74) is 5.88. The number of rotatable bonds is 9. The zero-order valence-corrected chi connectivity index (χ0v) is 23.2. The number of aromatic nitrogens is 1. The molecule has 0 amide bonds. The van der Waals surface area contributed by atoms with Crippen LogP contribution in [0.25, 0.3) is 11.3 Å². The number of hydrogen-bond donors (Lipinski definition) is 2. The molecule has 0 unspecified atom stereocenters. The van der Waals surface area contributed by atoms with Gasteiger partial charge in [-0.1, -0.05) is 48.0 Å². The fourth-order valence-electron chi connectivity index (χ4n) is 5.01. The van der Waals surface area contributed by atoms with Gasteiger partial charge in [0, 0.05) is 30.5 Å². The van der Waals surface area contributed by atoms with Crippen LogP contribution in [0.2, 0.25) is 0 Å². The predicted octanol–water partition coefficient (Wildman–Crippen LogP) is 8.00. The minimum atomic E-state index is -4.41. The number of nitrogens with one attached hydrogen (secondary N) is 2. The zero-order valence-electron chi connectivity index (χ0n) is 23.2. The fraction of sp³-hybridized carbons (Fsp3) is 0.344. The summed E-state index contributed by atoms with van der Waals surface area (Å²) in [6.07, 6.45) is -1.76. The van der Waals surface area contributed by atoms with E-state index in [9.17, 15) is 13.2 Å². The Labute approximate surface area is 229 Å². The van der Waals surface area contributed by atoms with Crippen LogP contribution in [-0.2, 0) is 6.18 Å². The fourth-order valence-corrected chi connectivity index (χ4v) is 5.01. The van der Waals surface area contributed by atoms with Crippen molar-refractivity contribution in [2.75, 3.05) is 25.5 Å². The maximum atomic E-state index is 13.6. The monoisotopic (exact) mass is 534 g/mol. The predicted molar refractivity (Wildman–Crippen MR) is 154 cm³/mol. The molecule has 2 heterocycles. The van der Waals surface area contributed by atoms with E-state index in [0.29, 0.717) is 17.3 Å². The summed E-state index contributed by atoms with van der Waals surface area (Å²) >= 11 is 0. The number of hydrogen-bond acceptors (Lipinski definition) is 4. The number of halogens is 3. The quantitative estimate of drug-likeness (QED) is 0.292. The highest BCUT2D eigenvalue weighted by molar-refractivity contribution is 5.90. The Balaban J connectivity index is 1.79. The number of allylic oxidation sites excluding steroid dienone is 3. The van der Waals surface area contributed by atoms with Crippen LogP contribution in [0.5, 0.6) is 0 Å². The van der Waals surface area contributed by atoms with Gasteiger partial charge in [0.05, 0.1) is 11.3 Å². The summed E-state index contributed by atoms with van der Waals surface area (Å²) in [5.74, 6) is 1.24. The van der Waals surface area contributed by atoms with Crippen molar-refractivity contribution in [2.24, 2.45) is 5.92 Å². The van der Waals surface area contributed by atoms with Crippen molar-refractivity contribution in [3.63, 3.8) is 0 Å². The van der Waals surface area contributed by atoms with Crippen molar-refractivity contribution in [1.29, 1.82) is 0 Å². The van der Waals surface area contributed by atoms with Crippen molar-refractivity contribution in [3.05, 3.63) is 106 Å². The molecule has 1 atom stereocenters. The van der Waals surface area contributed by atoms with Crippen molar-refractivity contribution in [1.82, 2.24) is 15.2 Å².